The van der Waals surface area contributed by atoms with Crippen molar-refractivity contribution in [3.05, 3.63) is 0 Å². The van der Waals surface area contributed by atoms with Crippen molar-refractivity contribution in [1.29, 1.82) is 0 Å². The van der Waals surface area contributed by atoms with Crippen LogP contribution in [0.25, 0.3) is 0 Å². The first-order valence-corrected chi connectivity index (χ1v) is 8.66. The van der Waals surface area contributed by atoms with Crippen LogP contribution in [0.4, 0.5) is 114 Å². The lowest BCUT2D eigenvalue weighted by Crippen LogP contribution is -3.01. The Morgan fingerprint density at radius 1 is 0.275 bits per heavy atom. The van der Waals surface area contributed by atoms with E-state index in [9.17, 15) is 105 Å². The molecule has 0 heterocycles. The summed E-state index contributed by atoms with van der Waals surface area (Å²) < 4.78 is 358. The molecule has 0 aromatic heterocycles. The third-order valence-electron chi connectivity index (χ3n) is 6.23. The maximum absolute atomic E-state index is 15.2. The highest BCUT2D eigenvalue weighted by atomic mass is 19.4. The van der Waals surface area contributed by atoms with Gasteiger partial charge < -0.3 is 0 Å². The van der Waals surface area contributed by atoms with E-state index >= 15 is 8.78 Å². The summed E-state index contributed by atoms with van der Waals surface area (Å²) in [6.45, 7) is 0. The monoisotopic (exact) mass is 662 g/mol. The molecule has 40 heavy (non-hydrogen) atoms. The van der Waals surface area contributed by atoms with Crippen molar-refractivity contribution in [2.45, 2.75) is 82.4 Å². The quantitative estimate of drug-likeness (QED) is 0.269. The fourth-order valence-electron chi connectivity index (χ4n) is 3.98. The average molecular weight is 662 g/mol. The van der Waals surface area contributed by atoms with Crippen LogP contribution < -0.4 is 0 Å². The van der Waals surface area contributed by atoms with Gasteiger partial charge in [-0.3, -0.25) is 0 Å². The molecule has 0 aromatic rings. The minimum atomic E-state index is -10.2. The standard InChI is InChI=1S/C14F26/c15-1-2(16,7(24,25)11(32,33)10(30,31)4(1,18)19)5(20,21)9(28,29)6(22,23)3(1,17)8(26,27)12(34,35)13(36,37)14(38,39)40. The molecule has 238 valence electrons. The number of hydrogen-bond acceptors (Lipinski definition) is 0. The molecule has 0 saturated heterocycles. The van der Waals surface area contributed by atoms with Crippen LogP contribution in [0.15, 0.2) is 0 Å². The molecule has 0 aromatic carbocycles. The van der Waals surface area contributed by atoms with Crippen molar-refractivity contribution in [3.8, 4) is 0 Å². The largest absolute Gasteiger partial charge is 0.460 e. The molecule has 3 unspecified atom stereocenters. The van der Waals surface area contributed by atoms with Gasteiger partial charge in [-0.1, -0.05) is 0 Å². The van der Waals surface area contributed by atoms with Gasteiger partial charge in [-0.2, -0.15) is 101 Å². The van der Waals surface area contributed by atoms with Crippen molar-refractivity contribution >= 4 is 0 Å². The van der Waals surface area contributed by atoms with Crippen molar-refractivity contribution in [1.82, 2.24) is 0 Å². The molecule has 26 heteroatoms. The molecule has 0 aliphatic heterocycles. The van der Waals surface area contributed by atoms with Gasteiger partial charge in [0.15, 0.2) is 0 Å². The van der Waals surface area contributed by atoms with Crippen LogP contribution in [-0.2, 0) is 0 Å². The van der Waals surface area contributed by atoms with E-state index in [2.05, 4.69) is 0 Å². The van der Waals surface area contributed by atoms with Crippen molar-refractivity contribution < 1.29 is 114 Å². The van der Waals surface area contributed by atoms with Crippen LogP contribution in [0, 0.1) is 0 Å². The van der Waals surface area contributed by atoms with E-state index in [1.165, 1.54) is 0 Å². The van der Waals surface area contributed by atoms with Gasteiger partial charge in [-0.05, 0) is 0 Å². The molecule has 2 aliphatic carbocycles. The van der Waals surface area contributed by atoms with Gasteiger partial charge in [-0.25, -0.2) is 13.2 Å². The minimum Gasteiger partial charge on any atom is -0.229 e. The summed E-state index contributed by atoms with van der Waals surface area (Å²) in [4.78, 5) is 0. The lowest BCUT2D eigenvalue weighted by atomic mass is 9.49. The van der Waals surface area contributed by atoms with Gasteiger partial charge in [0.2, 0.25) is 0 Å². The van der Waals surface area contributed by atoms with Gasteiger partial charge in [0.25, 0.3) is 17.0 Å². The van der Waals surface area contributed by atoms with Crippen molar-refractivity contribution in [2.24, 2.45) is 0 Å². The predicted molar refractivity (Wildman–Crippen MR) is 67.0 cm³/mol. The van der Waals surface area contributed by atoms with E-state index in [-0.39, 0.29) is 0 Å². The molecule has 2 fully saturated rings. The Bertz CT molecular complexity index is 1050. The second-order valence-corrected chi connectivity index (χ2v) is 8.22. The van der Waals surface area contributed by atoms with Crippen LogP contribution in [-0.4, -0.2) is 82.4 Å². The molecule has 0 amide bonds. The van der Waals surface area contributed by atoms with Crippen molar-refractivity contribution in [2.75, 3.05) is 0 Å². The Kier molecular flexibility index (Phi) is 6.19. The maximum Gasteiger partial charge on any atom is 0.460 e. The highest BCUT2D eigenvalue weighted by Crippen LogP contribution is 2.83. The molecule has 2 rings (SSSR count). The Morgan fingerprint density at radius 3 is 0.800 bits per heavy atom. The smallest absolute Gasteiger partial charge is 0.229 e. The summed E-state index contributed by atoms with van der Waals surface area (Å²) in [7, 11) is 0. The van der Waals surface area contributed by atoms with E-state index in [4.69, 9.17) is 0 Å². The summed E-state index contributed by atoms with van der Waals surface area (Å²) in [5, 5.41) is 0. The molecule has 0 N–H and O–H groups in total. The fourth-order valence-corrected chi connectivity index (χ4v) is 3.98. The molecule has 0 nitrogen and oxygen atoms in total. The number of hydrogen-bond donors (Lipinski definition) is 0. The van der Waals surface area contributed by atoms with Gasteiger partial charge >= 0.3 is 65.4 Å². The summed E-state index contributed by atoms with van der Waals surface area (Å²) >= 11 is 0. The zero-order valence-electron chi connectivity index (χ0n) is 16.8. The topological polar surface area (TPSA) is 0 Å². The Labute approximate surface area is 198 Å². The van der Waals surface area contributed by atoms with Gasteiger partial charge in [0.05, 0.1) is 0 Å². The SMILES string of the molecule is FC(F)(F)C(F)(F)C(F)(F)C(F)(F)C1(F)C(F)(F)C(F)(F)C(F)(F)C2(F)C(F)(F)C(F)(F)C(F)(F)C(F)(F)C12F. The van der Waals surface area contributed by atoms with Crippen LogP contribution in [0.3, 0.4) is 0 Å². The molecule has 0 bridgehead atoms. The summed E-state index contributed by atoms with van der Waals surface area (Å²) in [5.74, 6) is -93.8. The zero-order valence-corrected chi connectivity index (χ0v) is 16.8. The normalized spacial score (nSPS) is 38.0. The molecular formula is C14F26. The summed E-state index contributed by atoms with van der Waals surface area (Å²) in [5.41, 5.74) is -30.0. The Hall–Kier alpha value is -1.82. The van der Waals surface area contributed by atoms with Gasteiger partial charge in [-0.15, -0.1) is 0 Å². The fraction of sp³-hybridized carbons (Fsp3) is 1.00. The first-order chi connectivity index (χ1) is 16.8. The van der Waals surface area contributed by atoms with Gasteiger partial charge in [0.1, 0.15) is 0 Å². The number of halogens is 26. The second-order valence-electron chi connectivity index (χ2n) is 8.22. The second kappa shape index (κ2) is 7.21. The van der Waals surface area contributed by atoms with Crippen molar-refractivity contribution in [3.63, 3.8) is 0 Å². The lowest BCUT2D eigenvalue weighted by molar-refractivity contribution is -0.567. The van der Waals surface area contributed by atoms with E-state index in [0.717, 1.165) is 0 Å². The number of alkyl halides is 26. The zero-order chi connectivity index (χ0) is 33.0. The highest BCUT2D eigenvalue weighted by Gasteiger charge is 3.17. The average Bonchev–Trinajstić information content (AvgIpc) is 2.73. The predicted octanol–water partition coefficient (Wildman–Crippen LogP) is 8.05. The van der Waals surface area contributed by atoms with Gasteiger partial charge in [0, 0.05) is 0 Å². The summed E-state index contributed by atoms with van der Waals surface area (Å²) in [6, 6.07) is 0. The minimum absolute atomic E-state index is 8.46. The van der Waals surface area contributed by atoms with Crippen LogP contribution >= 0.6 is 0 Å². The van der Waals surface area contributed by atoms with E-state index in [1.54, 1.807) is 0 Å². The number of fused-ring (bicyclic) bond motifs is 1. The van der Waals surface area contributed by atoms with Crippen LogP contribution in [0.1, 0.15) is 0 Å². The molecule has 2 saturated carbocycles. The molecular weight excluding hydrogens is 662 g/mol. The van der Waals surface area contributed by atoms with E-state index in [1.807, 2.05) is 0 Å². The Balaban J connectivity index is 3.45. The molecule has 3 atom stereocenters. The molecule has 0 spiro atoms. The maximum atomic E-state index is 15.2. The first-order valence-electron chi connectivity index (χ1n) is 8.66. The third-order valence-corrected chi connectivity index (χ3v) is 6.23. The molecule has 0 radical (unpaired) electrons. The van der Waals surface area contributed by atoms with Crippen LogP contribution in [0.2, 0.25) is 0 Å². The van der Waals surface area contributed by atoms with Crippen LogP contribution in [0.5, 0.6) is 0 Å². The Morgan fingerprint density at radius 2 is 0.525 bits per heavy atom. The highest BCUT2D eigenvalue weighted by molar-refractivity contribution is 5.46. The molecule has 2 aliphatic rings. The number of rotatable bonds is 3. The summed E-state index contributed by atoms with van der Waals surface area (Å²) in [6.07, 6.45) is -8.46. The lowest BCUT2D eigenvalue weighted by Gasteiger charge is -2.66. The van der Waals surface area contributed by atoms with E-state index in [0.29, 0.717) is 0 Å². The van der Waals surface area contributed by atoms with E-state index < -0.39 is 82.4 Å². The third kappa shape index (κ3) is 2.52. The first kappa shape index (κ1) is 34.4.